The van der Waals surface area contributed by atoms with Crippen LogP contribution >= 0.6 is 0 Å². The molecule has 0 amide bonds. The standard InChI is InChI=1S/C18H17NO2/c1-13(14-7-3-2-4-8-14)19-15-11-17(20)16-9-5-6-10-18(16)21-12-15/h2-11,13,19H,12H2,1H3. The van der Waals surface area contributed by atoms with Crippen molar-refractivity contribution < 1.29 is 9.53 Å². The molecule has 1 N–H and O–H groups in total. The molecule has 0 saturated carbocycles. The summed E-state index contributed by atoms with van der Waals surface area (Å²) in [5, 5.41) is 3.36. The molecular weight excluding hydrogens is 262 g/mol. The number of allylic oxidation sites excluding steroid dienone is 1. The van der Waals surface area contributed by atoms with Gasteiger partial charge in [0.05, 0.1) is 11.3 Å². The van der Waals surface area contributed by atoms with Crippen LogP contribution in [-0.2, 0) is 0 Å². The van der Waals surface area contributed by atoms with Crippen molar-refractivity contribution in [1.82, 2.24) is 5.32 Å². The minimum atomic E-state index is -0.0224. The summed E-state index contributed by atoms with van der Waals surface area (Å²) in [6, 6.07) is 17.6. The molecule has 1 unspecified atom stereocenters. The third-order valence-corrected chi connectivity index (χ3v) is 3.54. The van der Waals surface area contributed by atoms with Gasteiger partial charge in [0.15, 0.2) is 5.78 Å². The predicted molar refractivity (Wildman–Crippen MR) is 82.3 cm³/mol. The summed E-state index contributed by atoms with van der Waals surface area (Å²) < 4.78 is 5.72. The average molecular weight is 279 g/mol. The quantitative estimate of drug-likeness (QED) is 0.934. The molecule has 0 radical (unpaired) electrons. The first-order valence-electron chi connectivity index (χ1n) is 7.02. The van der Waals surface area contributed by atoms with Crippen molar-refractivity contribution in [2.24, 2.45) is 0 Å². The number of nitrogens with one attached hydrogen (secondary N) is 1. The number of hydrogen-bond acceptors (Lipinski definition) is 3. The maximum atomic E-state index is 12.2. The fraction of sp³-hybridized carbons (Fsp3) is 0.167. The molecule has 21 heavy (non-hydrogen) atoms. The van der Waals surface area contributed by atoms with Crippen LogP contribution in [0, 0.1) is 0 Å². The van der Waals surface area contributed by atoms with Gasteiger partial charge < -0.3 is 10.1 Å². The highest BCUT2D eigenvalue weighted by Crippen LogP contribution is 2.23. The molecule has 3 heteroatoms. The lowest BCUT2D eigenvalue weighted by Crippen LogP contribution is -2.22. The number of hydrogen-bond donors (Lipinski definition) is 1. The Balaban J connectivity index is 1.78. The van der Waals surface area contributed by atoms with Gasteiger partial charge in [-0.25, -0.2) is 0 Å². The number of benzene rings is 2. The first kappa shape index (κ1) is 13.4. The summed E-state index contributed by atoms with van der Waals surface area (Å²) in [4.78, 5) is 12.2. The van der Waals surface area contributed by atoms with Crippen molar-refractivity contribution >= 4 is 5.78 Å². The molecule has 0 saturated heterocycles. The second kappa shape index (κ2) is 5.83. The highest BCUT2D eigenvalue weighted by atomic mass is 16.5. The van der Waals surface area contributed by atoms with Crippen LogP contribution in [0.3, 0.4) is 0 Å². The number of ketones is 1. The van der Waals surface area contributed by atoms with E-state index < -0.39 is 0 Å². The van der Waals surface area contributed by atoms with Gasteiger partial charge in [-0.15, -0.1) is 0 Å². The third-order valence-electron chi connectivity index (χ3n) is 3.54. The van der Waals surface area contributed by atoms with Gasteiger partial charge in [-0.2, -0.15) is 0 Å². The molecule has 0 bridgehead atoms. The van der Waals surface area contributed by atoms with Crippen LogP contribution in [0.5, 0.6) is 5.75 Å². The number of fused-ring (bicyclic) bond motifs is 1. The molecule has 0 aliphatic carbocycles. The van der Waals surface area contributed by atoms with Gasteiger partial charge in [0, 0.05) is 12.1 Å². The summed E-state index contributed by atoms with van der Waals surface area (Å²) >= 11 is 0. The monoisotopic (exact) mass is 279 g/mol. The van der Waals surface area contributed by atoms with Crippen molar-refractivity contribution in [3.63, 3.8) is 0 Å². The molecule has 0 aromatic heterocycles. The Kier molecular flexibility index (Phi) is 3.73. The summed E-state index contributed by atoms with van der Waals surface area (Å²) in [7, 11) is 0. The second-order valence-electron chi connectivity index (χ2n) is 5.10. The van der Waals surface area contributed by atoms with E-state index in [1.807, 2.05) is 36.4 Å². The van der Waals surface area contributed by atoms with E-state index in [1.54, 1.807) is 12.1 Å². The van der Waals surface area contributed by atoms with Crippen LogP contribution in [0.2, 0.25) is 0 Å². The lowest BCUT2D eigenvalue weighted by Gasteiger charge is -2.17. The normalized spacial score (nSPS) is 15.3. The van der Waals surface area contributed by atoms with Gasteiger partial charge >= 0.3 is 0 Å². The van der Waals surface area contributed by atoms with Crippen LogP contribution in [0.25, 0.3) is 0 Å². The second-order valence-corrected chi connectivity index (χ2v) is 5.10. The Morgan fingerprint density at radius 1 is 1.05 bits per heavy atom. The fourth-order valence-electron chi connectivity index (χ4n) is 2.42. The van der Waals surface area contributed by atoms with Gasteiger partial charge in [-0.1, -0.05) is 42.5 Å². The molecule has 1 atom stereocenters. The number of rotatable bonds is 3. The van der Waals surface area contributed by atoms with Gasteiger partial charge in [-0.3, -0.25) is 4.79 Å². The van der Waals surface area contributed by atoms with E-state index in [-0.39, 0.29) is 11.8 Å². The minimum Gasteiger partial charge on any atom is -0.487 e. The van der Waals surface area contributed by atoms with E-state index in [2.05, 4.69) is 24.4 Å². The Bertz CT molecular complexity index is 677. The molecule has 3 nitrogen and oxygen atoms in total. The molecule has 2 aromatic carbocycles. The Morgan fingerprint density at radius 3 is 2.57 bits per heavy atom. The highest BCUT2D eigenvalue weighted by molar-refractivity contribution is 6.07. The summed E-state index contributed by atoms with van der Waals surface area (Å²) in [6.07, 6.45) is 1.63. The van der Waals surface area contributed by atoms with Crippen molar-refractivity contribution in [2.45, 2.75) is 13.0 Å². The van der Waals surface area contributed by atoms with E-state index in [1.165, 1.54) is 5.56 Å². The number of carbonyl (C=O) groups excluding carboxylic acids is 1. The van der Waals surface area contributed by atoms with Crippen LogP contribution in [0.4, 0.5) is 0 Å². The molecule has 2 aromatic rings. The molecular formula is C18H17NO2. The number of para-hydroxylation sites is 1. The Morgan fingerprint density at radius 2 is 1.76 bits per heavy atom. The summed E-state index contributed by atoms with van der Waals surface area (Å²) in [5.41, 5.74) is 2.59. The zero-order valence-electron chi connectivity index (χ0n) is 11.9. The minimum absolute atomic E-state index is 0.0224. The maximum absolute atomic E-state index is 12.2. The third kappa shape index (κ3) is 2.97. The zero-order chi connectivity index (χ0) is 14.7. The SMILES string of the molecule is CC(NC1=CC(=O)c2ccccc2OC1)c1ccccc1. The average Bonchev–Trinajstić information content (AvgIpc) is 2.68. The zero-order valence-corrected chi connectivity index (χ0v) is 11.9. The van der Waals surface area contributed by atoms with Crippen molar-refractivity contribution in [3.05, 3.63) is 77.5 Å². The molecule has 0 fully saturated rings. The van der Waals surface area contributed by atoms with Crippen molar-refractivity contribution in [3.8, 4) is 5.75 Å². The summed E-state index contributed by atoms with van der Waals surface area (Å²) in [5.74, 6) is 0.619. The van der Waals surface area contributed by atoms with Crippen molar-refractivity contribution in [2.75, 3.05) is 6.61 Å². The lowest BCUT2D eigenvalue weighted by molar-refractivity contribution is 0.104. The Hall–Kier alpha value is -2.55. The van der Waals surface area contributed by atoms with E-state index in [4.69, 9.17) is 4.74 Å². The van der Waals surface area contributed by atoms with Gasteiger partial charge in [0.1, 0.15) is 12.4 Å². The van der Waals surface area contributed by atoms with Crippen molar-refractivity contribution in [1.29, 1.82) is 0 Å². The van der Waals surface area contributed by atoms with E-state index in [9.17, 15) is 4.79 Å². The topological polar surface area (TPSA) is 38.3 Å². The molecule has 106 valence electrons. The van der Waals surface area contributed by atoms with Crippen LogP contribution < -0.4 is 10.1 Å². The highest BCUT2D eigenvalue weighted by Gasteiger charge is 2.17. The summed E-state index contributed by atoms with van der Waals surface area (Å²) in [6.45, 7) is 2.44. The molecule has 0 spiro atoms. The van der Waals surface area contributed by atoms with Gasteiger partial charge in [0.25, 0.3) is 0 Å². The Labute approximate surface area is 124 Å². The maximum Gasteiger partial charge on any atom is 0.191 e. The molecule has 1 aliphatic heterocycles. The molecule has 3 rings (SSSR count). The largest absolute Gasteiger partial charge is 0.487 e. The van der Waals surface area contributed by atoms with E-state index in [0.29, 0.717) is 17.9 Å². The number of ether oxygens (including phenoxy) is 1. The lowest BCUT2D eigenvalue weighted by atomic mass is 10.1. The number of carbonyl (C=O) groups is 1. The first-order valence-corrected chi connectivity index (χ1v) is 7.02. The van der Waals surface area contributed by atoms with Gasteiger partial charge in [-0.05, 0) is 24.6 Å². The fourth-order valence-corrected chi connectivity index (χ4v) is 2.42. The van der Waals surface area contributed by atoms with Gasteiger partial charge in [0.2, 0.25) is 0 Å². The molecule has 1 heterocycles. The first-order chi connectivity index (χ1) is 10.2. The van der Waals surface area contributed by atoms with E-state index >= 15 is 0 Å². The van der Waals surface area contributed by atoms with E-state index in [0.717, 1.165) is 5.70 Å². The van der Waals surface area contributed by atoms with Crippen LogP contribution in [0.1, 0.15) is 28.9 Å². The predicted octanol–water partition coefficient (Wildman–Crippen LogP) is 3.50. The van der Waals surface area contributed by atoms with Crippen LogP contribution in [0.15, 0.2) is 66.4 Å². The van der Waals surface area contributed by atoms with Crippen LogP contribution in [-0.4, -0.2) is 12.4 Å². The smallest absolute Gasteiger partial charge is 0.191 e. The molecule has 1 aliphatic rings.